The molecule has 0 saturated carbocycles. The van der Waals surface area contributed by atoms with Gasteiger partial charge in [-0.3, -0.25) is 4.90 Å². The maximum atomic E-state index is 5.90. The van der Waals surface area contributed by atoms with Crippen LogP contribution in [0.15, 0.2) is 0 Å². The smallest absolute Gasteiger partial charge is 0.228 e. The number of morpholine rings is 1. The fourth-order valence-corrected chi connectivity index (χ4v) is 2.23. The van der Waals surface area contributed by atoms with Crippen molar-refractivity contribution < 1.29 is 4.74 Å². The SMILES string of the molecule is CCCNc1nc(Cl)nc(NCCCN2CCOCC2)n1. The normalized spacial score (nSPS) is 15.9. The maximum Gasteiger partial charge on any atom is 0.228 e. The van der Waals surface area contributed by atoms with Crippen LogP contribution in [0.3, 0.4) is 0 Å². The third-order valence-corrected chi connectivity index (χ3v) is 3.35. The van der Waals surface area contributed by atoms with Gasteiger partial charge in [0.15, 0.2) is 0 Å². The molecule has 2 heterocycles. The van der Waals surface area contributed by atoms with Crippen molar-refractivity contribution in [2.45, 2.75) is 19.8 Å². The molecule has 0 unspecified atom stereocenters. The van der Waals surface area contributed by atoms with Crippen LogP contribution in [0.25, 0.3) is 0 Å². The monoisotopic (exact) mass is 314 g/mol. The molecular formula is C13H23ClN6O. The molecule has 0 spiro atoms. The largest absolute Gasteiger partial charge is 0.379 e. The zero-order chi connectivity index (χ0) is 14.9. The lowest BCUT2D eigenvalue weighted by Crippen LogP contribution is -2.37. The van der Waals surface area contributed by atoms with E-state index in [1.807, 2.05) is 0 Å². The highest BCUT2D eigenvalue weighted by Crippen LogP contribution is 2.09. The molecule has 0 aliphatic carbocycles. The van der Waals surface area contributed by atoms with Crippen LogP contribution in [-0.4, -0.2) is 65.8 Å². The highest BCUT2D eigenvalue weighted by Gasteiger charge is 2.09. The number of halogens is 1. The molecule has 1 aromatic rings. The highest BCUT2D eigenvalue weighted by molar-refractivity contribution is 6.28. The Labute approximate surface area is 130 Å². The first-order valence-corrected chi connectivity index (χ1v) is 7.85. The van der Waals surface area contributed by atoms with E-state index in [1.165, 1.54) is 0 Å². The lowest BCUT2D eigenvalue weighted by atomic mass is 10.3. The lowest BCUT2D eigenvalue weighted by Gasteiger charge is -2.26. The third-order valence-electron chi connectivity index (χ3n) is 3.18. The summed E-state index contributed by atoms with van der Waals surface area (Å²) in [6.45, 7) is 8.47. The van der Waals surface area contributed by atoms with E-state index in [-0.39, 0.29) is 5.28 Å². The highest BCUT2D eigenvalue weighted by atomic mass is 35.5. The van der Waals surface area contributed by atoms with Crippen LogP contribution < -0.4 is 10.6 Å². The van der Waals surface area contributed by atoms with E-state index in [9.17, 15) is 0 Å². The number of nitrogens with one attached hydrogen (secondary N) is 2. The summed E-state index contributed by atoms with van der Waals surface area (Å²) in [4.78, 5) is 14.8. The minimum absolute atomic E-state index is 0.208. The second-order valence-electron chi connectivity index (χ2n) is 4.91. The molecule has 1 saturated heterocycles. The number of ether oxygens (including phenoxy) is 1. The Morgan fingerprint density at radius 1 is 1.10 bits per heavy atom. The van der Waals surface area contributed by atoms with Crippen LogP contribution in [0.1, 0.15) is 19.8 Å². The average molecular weight is 315 g/mol. The summed E-state index contributed by atoms with van der Waals surface area (Å²) < 4.78 is 5.33. The first kappa shape index (κ1) is 16.2. The van der Waals surface area contributed by atoms with Crippen molar-refractivity contribution in [2.24, 2.45) is 0 Å². The number of hydrogen-bond donors (Lipinski definition) is 2. The number of rotatable bonds is 8. The van der Waals surface area contributed by atoms with E-state index in [0.717, 1.165) is 58.8 Å². The van der Waals surface area contributed by atoms with Gasteiger partial charge < -0.3 is 15.4 Å². The van der Waals surface area contributed by atoms with Crippen LogP contribution in [0, 0.1) is 0 Å². The number of aromatic nitrogens is 3. The van der Waals surface area contributed by atoms with Crippen molar-refractivity contribution in [1.82, 2.24) is 19.9 Å². The van der Waals surface area contributed by atoms with Crippen molar-refractivity contribution in [3.05, 3.63) is 5.28 Å². The molecule has 0 bridgehead atoms. The molecule has 7 nitrogen and oxygen atoms in total. The van der Waals surface area contributed by atoms with Gasteiger partial charge in [0.25, 0.3) is 0 Å². The zero-order valence-electron chi connectivity index (χ0n) is 12.4. The fraction of sp³-hybridized carbons (Fsp3) is 0.769. The first-order chi connectivity index (χ1) is 10.3. The van der Waals surface area contributed by atoms with Crippen molar-refractivity contribution in [3.8, 4) is 0 Å². The Hall–Kier alpha value is -1.18. The maximum absolute atomic E-state index is 5.90. The molecule has 2 N–H and O–H groups in total. The topological polar surface area (TPSA) is 75.2 Å². The molecule has 1 aliphatic rings. The number of hydrogen-bond acceptors (Lipinski definition) is 7. The Balaban J connectivity index is 1.72. The van der Waals surface area contributed by atoms with Gasteiger partial charge in [0.1, 0.15) is 0 Å². The van der Waals surface area contributed by atoms with Crippen molar-refractivity contribution in [1.29, 1.82) is 0 Å². The van der Waals surface area contributed by atoms with E-state index >= 15 is 0 Å². The van der Waals surface area contributed by atoms with Gasteiger partial charge in [-0.15, -0.1) is 0 Å². The molecule has 2 rings (SSSR count). The summed E-state index contributed by atoms with van der Waals surface area (Å²) in [5.41, 5.74) is 0. The first-order valence-electron chi connectivity index (χ1n) is 7.47. The number of anilines is 2. The molecule has 118 valence electrons. The van der Waals surface area contributed by atoms with E-state index < -0.39 is 0 Å². The predicted octanol–water partition coefficient (Wildman–Crippen LogP) is 1.48. The Morgan fingerprint density at radius 3 is 2.43 bits per heavy atom. The molecule has 0 amide bonds. The van der Waals surface area contributed by atoms with Crippen LogP contribution >= 0.6 is 11.6 Å². The molecule has 1 aromatic heterocycles. The molecule has 1 fully saturated rings. The summed E-state index contributed by atoms with van der Waals surface area (Å²) in [5.74, 6) is 1.04. The minimum Gasteiger partial charge on any atom is -0.379 e. The van der Waals surface area contributed by atoms with Gasteiger partial charge >= 0.3 is 0 Å². The molecule has 0 aromatic carbocycles. The summed E-state index contributed by atoms with van der Waals surface area (Å²) >= 11 is 5.90. The summed E-state index contributed by atoms with van der Waals surface area (Å²) in [7, 11) is 0. The van der Waals surface area contributed by atoms with Gasteiger partial charge in [0.05, 0.1) is 13.2 Å². The van der Waals surface area contributed by atoms with Gasteiger partial charge in [-0.2, -0.15) is 15.0 Å². The average Bonchev–Trinajstić information content (AvgIpc) is 2.50. The Kier molecular flexibility index (Phi) is 6.91. The van der Waals surface area contributed by atoms with Crippen molar-refractivity contribution in [2.75, 3.05) is 56.6 Å². The second-order valence-corrected chi connectivity index (χ2v) is 5.25. The summed E-state index contributed by atoms with van der Waals surface area (Å²) in [6.07, 6.45) is 2.03. The quantitative estimate of drug-likeness (QED) is 0.704. The molecule has 0 radical (unpaired) electrons. The molecule has 0 atom stereocenters. The van der Waals surface area contributed by atoms with Gasteiger partial charge in [-0.05, 0) is 31.0 Å². The standard InChI is InChI=1S/C13H23ClN6O/c1-2-4-15-12-17-11(14)18-13(19-12)16-5-3-6-20-7-9-21-10-8-20/h2-10H2,1H3,(H2,15,16,17,18,19). The third kappa shape index (κ3) is 5.99. The van der Waals surface area contributed by atoms with Gasteiger partial charge in [0, 0.05) is 26.2 Å². The van der Waals surface area contributed by atoms with E-state index in [1.54, 1.807) is 0 Å². The van der Waals surface area contributed by atoms with Gasteiger partial charge in [0.2, 0.25) is 17.2 Å². The van der Waals surface area contributed by atoms with E-state index in [0.29, 0.717) is 11.9 Å². The van der Waals surface area contributed by atoms with Crippen molar-refractivity contribution in [3.63, 3.8) is 0 Å². The second kappa shape index (κ2) is 8.96. The molecular weight excluding hydrogens is 292 g/mol. The van der Waals surface area contributed by atoms with Crippen LogP contribution in [0.2, 0.25) is 5.28 Å². The number of nitrogens with zero attached hydrogens (tertiary/aromatic N) is 4. The van der Waals surface area contributed by atoms with Crippen LogP contribution in [-0.2, 0) is 4.74 Å². The van der Waals surface area contributed by atoms with Gasteiger partial charge in [-0.25, -0.2) is 0 Å². The van der Waals surface area contributed by atoms with E-state index in [2.05, 4.69) is 37.4 Å². The zero-order valence-corrected chi connectivity index (χ0v) is 13.2. The lowest BCUT2D eigenvalue weighted by molar-refractivity contribution is 0.0378. The van der Waals surface area contributed by atoms with Crippen LogP contribution in [0.4, 0.5) is 11.9 Å². The Bertz CT molecular complexity index is 427. The van der Waals surface area contributed by atoms with E-state index in [4.69, 9.17) is 16.3 Å². The Morgan fingerprint density at radius 2 is 1.76 bits per heavy atom. The van der Waals surface area contributed by atoms with Crippen LogP contribution in [0.5, 0.6) is 0 Å². The summed E-state index contributed by atoms with van der Waals surface area (Å²) in [5, 5.41) is 6.51. The van der Waals surface area contributed by atoms with Crippen molar-refractivity contribution >= 4 is 23.5 Å². The molecule has 21 heavy (non-hydrogen) atoms. The van der Waals surface area contributed by atoms with Gasteiger partial charge in [-0.1, -0.05) is 6.92 Å². The fourth-order valence-electron chi connectivity index (χ4n) is 2.07. The molecule has 8 heteroatoms. The molecule has 1 aliphatic heterocycles. The predicted molar refractivity (Wildman–Crippen MR) is 84.0 cm³/mol. The summed E-state index contributed by atoms with van der Waals surface area (Å²) in [6, 6.07) is 0. The minimum atomic E-state index is 0.208.